The summed E-state index contributed by atoms with van der Waals surface area (Å²) in [5, 5.41) is 2.55. The normalized spacial score (nSPS) is 13.7. The molecule has 0 saturated carbocycles. The monoisotopic (exact) mass is 329 g/mol. The van der Waals surface area contributed by atoms with Crippen LogP contribution in [0.4, 0.5) is 20.6 Å². The van der Waals surface area contributed by atoms with E-state index in [1.807, 2.05) is 12.1 Å². The summed E-state index contributed by atoms with van der Waals surface area (Å²) in [6.45, 7) is 0.698. The molecule has 0 aliphatic carbocycles. The van der Waals surface area contributed by atoms with Crippen LogP contribution in [0.1, 0.15) is 12.0 Å². The number of halogens is 1. The highest BCUT2D eigenvalue weighted by atomic mass is 19.1. The van der Waals surface area contributed by atoms with Crippen LogP contribution in [0.2, 0.25) is 0 Å². The quantitative estimate of drug-likeness (QED) is 0.915. The summed E-state index contributed by atoms with van der Waals surface area (Å²) in [6, 6.07) is 7.79. The second kappa shape index (κ2) is 7.08. The Labute approximate surface area is 138 Å². The number of ether oxygens (including phenoxy) is 1. The zero-order valence-corrected chi connectivity index (χ0v) is 12.9. The fourth-order valence-corrected chi connectivity index (χ4v) is 2.42. The molecule has 0 radical (unpaired) electrons. The molecule has 124 valence electrons. The lowest BCUT2D eigenvalue weighted by Crippen LogP contribution is -2.23. The molecule has 0 bridgehead atoms. The van der Waals surface area contributed by atoms with Crippen molar-refractivity contribution in [3.05, 3.63) is 54.1 Å². The van der Waals surface area contributed by atoms with Crippen molar-refractivity contribution < 1.29 is 18.7 Å². The number of aromatic nitrogens is 1. The smallest absolute Gasteiger partial charge is 0.414 e. The molecule has 1 aromatic carbocycles. The third kappa shape index (κ3) is 3.68. The molecule has 1 aromatic heterocycles. The molecule has 24 heavy (non-hydrogen) atoms. The Morgan fingerprint density at radius 1 is 1.29 bits per heavy atom. The van der Waals surface area contributed by atoms with Crippen LogP contribution in [0, 0.1) is 5.82 Å². The molecule has 1 fully saturated rings. The summed E-state index contributed by atoms with van der Waals surface area (Å²) in [6.07, 6.45) is 3.60. The second-order valence-corrected chi connectivity index (χ2v) is 5.33. The van der Waals surface area contributed by atoms with Crippen LogP contribution in [0.15, 0.2) is 42.7 Å². The van der Waals surface area contributed by atoms with E-state index in [9.17, 15) is 14.0 Å². The number of carbonyl (C=O) groups excluding carboxylic acids is 2. The molecule has 2 amide bonds. The molecule has 2 aromatic rings. The van der Waals surface area contributed by atoms with Gasteiger partial charge in [0.1, 0.15) is 12.4 Å². The van der Waals surface area contributed by atoms with Gasteiger partial charge in [0, 0.05) is 24.5 Å². The molecule has 1 aliphatic rings. The Hall–Kier alpha value is -2.96. The van der Waals surface area contributed by atoms with Crippen molar-refractivity contribution in [3.63, 3.8) is 0 Å². The summed E-state index contributed by atoms with van der Waals surface area (Å²) < 4.78 is 18.8. The minimum atomic E-state index is -0.552. The fourth-order valence-electron chi connectivity index (χ4n) is 2.42. The molecule has 2 heterocycles. The van der Waals surface area contributed by atoms with Crippen molar-refractivity contribution in [2.75, 3.05) is 23.4 Å². The third-order valence-corrected chi connectivity index (χ3v) is 3.69. The first-order valence-corrected chi connectivity index (χ1v) is 7.56. The van der Waals surface area contributed by atoms with E-state index in [-0.39, 0.29) is 18.0 Å². The molecule has 1 aliphatic heterocycles. The Morgan fingerprint density at radius 2 is 2.08 bits per heavy atom. The number of carbonyl (C=O) groups is 2. The summed E-state index contributed by atoms with van der Waals surface area (Å²) in [7, 11) is 0. The number of benzene rings is 1. The molecule has 6 nitrogen and oxygen atoms in total. The van der Waals surface area contributed by atoms with Crippen LogP contribution in [0.25, 0.3) is 0 Å². The van der Waals surface area contributed by atoms with E-state index in [4.69, 9.17) is 4.74 Å². The van der Waals surface area contributed by atoms with E-state index in [0.29, 0.717) is 25.3 Å². The summed E-state index contributed by atoms with van der Waals surface area (Å²) >= 11 is 0. The lowest BCUT2D eigenvalue weighted by atomic mass is 10.1. The maximum atomic E-state index is 13.9. The molecule has 0 unspecified atom stereocenters. The lowest BCUT2D eigenvalue weighted by molar-refractivity contribution is -0.116. The van der Waals surface area contributed by atoms with Gasteiger partial charge in [0.15, 0.2) is 0 Å². The average molecular weight is 329 g/mol. The van der Waals surface area contributed by atoms with Crippen molar-refractivity contribution in [2.24, 2.45) is 0 Å². The van der Waals surface area contributed by atoms with Gasteiger partial charge in [0.2, 0.25) is 5.91 Å². The first-order chi connectivity index (χ1) is 11.6. The topological polar surface area (TPSA) is 71.5 Å². The predicted molar refractivity (Wildman–Crippen MR) is 86.3 cm³/mol. The van der Waals surface area contributed by atoms with Gasteiger partial charge in [0.25, 0.3) is 0 Å². The van der Waals surface area contributed by atoms with E-state index in [1.54, 1.807) is 12.4 Å². The number of pyridine rings is 1. The minimum Gasteiger partial charge on any atom is -0.447 e. The van der Waals surface area contributed by atoms with E-state index < -0.39 is 11.9 Å². The second-order valence-electron chi connectivity index (χ2n) is 5.33. The largest absolute Gasteiger partial charge is 0.447 e. The van der Waals surface area contributed by atoms with E-state index in [2.05, 4.69) is 10.3 Å². The first-order valence-electron chi connectivity index (χ1n) is 7.56. The minimum absolute atomic E-state index is 0.0481. The van der Waals surface area contributed by atoms with Crippen molar-refractivity contribution in [1.82, 2.24) is 4.98 Å². The number of hydrogen-bond acceptors (Lipinski definition) is 4. The zero-order chi connectivity index (χ0) is 16.9. The molecule has 1 N–H and O–H groups in total. The number of anilines is 2. The number of hydrogen-bond donors (Lipinski definition) is 1. The van der Waals surface area contributed by atoms with Crippen molar-refractivity contribution >= 4 is 23.4 Å². The third-order valence-electron chi connectivity index (χ3n) is 3.69. The standard InChI is InChI=1S/C17H16FN3O3/c18-14-3-2-13(21-9-10-24-17(21)23)11-15(14)20-16(22)4-1-12-5-7-19-8-6-12/h2-3,5-8,11H,1,4,9-10H2,(H,20,22). The van der Waals surface area contributed by atoms with E-state index in [1.165, 1.54) is 23.1 Å². The summed E-state index contributed by atoms with van der Waals surface area (Å²) in [5.74, 6) is -0.851. The molecular weight excluding hydrogens is 313 g/mol. The van der Waals surface area contributed by atoms with Gasteiger partial charge in [0.05, 0.1) is 12.2 Å². The maximum absolute atomic E-state index is 13.9. The van der Waals surface area contributed by atoms with Crippen LogP contribution in [0.3, 0.4) is 0 Å². The Morgan fingerprint density at radius 3 is 2.79 bits per heavy atom. The molecule has 0 spiro atoms. The number of aryl methyl sites for hydroxylation is 1. The van der Waals surface area contributed by atoms with Gasteiger partial charge in [-0.25, -0.2) is 9.18 Å². The Bertz CT molecular complexity index is 752. The van der Waals surface area contributed by atoms with Crippen LogP contribution >= 0.6 is 0 Å². The highest BCUT2D eigenvalue weighted by Crippen LogP contribution is 2.25. The Kier molecular flexibility index (Phi) is 4.69. The number of nitrogens with zero attached hydrogens (tertiary/aromatic N) is 2. The van der Waals surface area contributed by atoms with Crippen molar-refractivity contribution in [2.45, 2.75) is 12.8 Å². The van der Waals surface area contributed by atoms with Crippen LogP contribution in [-0.4, -0.2) is 30.1 Å². The predicted octanol–water partition coefficient (Wildman–Crippen LogP) is 2.75. The number of cyclic esters (lactones) is 1. The van der Waals surface area contributed by atoms with Gasteiger partial charge in [-0.3, -0.25) is 14.7 Å². The Balaban J connectivity index is 1.65. The summed E-state index contributed by atoms with van der Waals surface area (Å²) in [4.78, 5) is 28.9. The highest BCUT2D eigenvalue weighted by Gasteiger charge is 2.24. The van der Waals surface area contributed by atoms with E-state index >= 15 is 0 Å². The maximum Gasteiger partial charge on any atom is 0.414 e. The van der Waals surface area contributed by atoms with Gasteiger partial charge >= 0.3 is 6.09 Å². The SMILES string of the molecule is O=C(CCc1ccncc1)Nc1cc(N2CCOC2=O)ccc1F. The van der Waals surface area contributed by atoms with Gasteiger partial charge in [-0.2, -0.15) is 0 Å². The van der Waals surface area contributed by atoms with E-state index in [0.717, 1.165) is 5.56 Å². The fraction of sp³-hybridized carbons (Fsp3) is 0.235. The van der Waals surface area contributed by atoms with Crippen molar-refractivity contribution in [3.8, 4) is 0 Å². The van der Waals surface area contributed by atoms with Gasteiger partial charge in [-0.1, -0.05) is 0 Å². The molecule has 7 heteroatoms. The number of rotatable bonds is 5. The van der Waals surface area contributed by atoms with Crippen LogP contribution in [0.5, 0.6) is 0 Å². The van der Waals surface area contributed by atoms with Crippen LogP contribution in [-0.2, 0) is 16.0 Å². The first kappa shape index (κ1) is 15.9. The highest BCUT2D eigenvalue weighted by molar-refractivity contribution is 5.94. The lowest BCUT2D eigenvalue weighted by Gasteiger charge is -2.15. The molecule has 3 rings (SSSR count). The number of nitrogens with one attached hydrogen (secondary N) is 1. The molecular formula is C17H16FN3O3. The average Bonchev–Trinajstić information content (AvgIpc) is 3.02. The van der Waals surface area contributed by atoms with Gasteiger partial charge < -0.3 is 10.1 Å². The zero-order valence-electron chi connectivity index (χ0n) is 12.9. The summed E-state index contributed by atoms with van der Waals surface area (Å²) in [5.41, 5.74) is 1.52. The van der Waals surface area contributed by atoms with Gasteiger partial charge in [-0.05, 0) is 42.3 Å². The van der Waals surface area contributed by atoms with Crippen LogP contribution < -0.4 is 10.2 Å². The number of amides is 2. The van der Waals surface area contributed by atoms with Crippen molar-refractivity contribution in [1.29, 1.82) is 0 Å². The van der Waals surface area contributed by atoms with Gasteiger partial charge in [-0.15, -0.1) is 0 Å². The molecule has 0 atom stereocenters. The molecule has 1 saturated heterocycles.